The van der Waals surface area contributed by atoms with Gasteiger partial charge in [-0.15, -0.1) is 11.3 Å². The van der Waals surface area contributed by atoms with Crippen LogP contribution in [0, 0.1) is 6.92 Å². The molecule has 9 heteroatoms. The number of hydrogen-bond acceptors (Lipinski definition) is 7. The lowest BCUT2D eigenvalue weighted by atomic mass is 10.3. The SMILES string of the molecule is CCN(CC(=O)OC)S(=O)(=O)c1c(C)csc1C(=O)OC. The van der Waals surface area contributed by atoms with E-state index in [9.17, 15) is 18.0 Å². The third-order valence-electron chi connectivity index (χ3n) is 2.77. The maximum absolute atomic E-state index is 12.7. The first-order valence-electron chi connectivity index (χ1n) is 6.02. The second kappa shape index (κ2) is 7.01. The zero-order valence-corrected chi connectivity index (χ0v) is 13.8. The Morgan fingerprint density at radius 1 is 1.29 bits per heavy atom. The van der Waals surface area contributed by atoms with Crippen LogP contribution in [0.2, 0.25) is 0 Å². The second-order valence-electron chi connectivity index (χ2n) is 4.08. The van der Waals surface area contributed by atoms with Gasteiger partial charge in [-0.1, -0.05) is 6.92 Å². The van der Waals surface area contributed by atoms with Crippen LogP contribution in [0.25, 0.3) is 0 Å². The fourth-order valence-corrected chi connectivity index (χ4v) is 4.74. The number of hydrogen-bond donors (Lipinski definition) is 0. The molecule has 118 valence electrons. The second-order valence-corrected chi connectivity index (χ2v) is 6.83. The van der Waals surface area contributed by atoms with Gasteiger partial charge in [0.2, 0.25) is 10.0 Å². The van der Waals surface area contributed by atoms with E-state index < -0.39 is 28.5 Å². The molecule has 0 aromatic carbocycles. The van der Waals surface area contributed by atoms with E-state index in [1.807, 2.05) is 0 Å². The first-order valence-corrected chi connectivity index (χ1v) is 8.34. The molecule has 1 aromatic rings. The highest BCUT2D eigenvalue weighted by Gasteiger charge is 2.33. The van der Waals surface area contributed by atoms with Crippen molar-refractivity contribution in [2.24, 2.45) is 0 Å². The number of thiophene rings is 1. The Hall–Kier alpha value is -1.45. The lowest BCUT2D eigenvalue weighted by Gasteiger charge is -2.19. The summed E-state index contributed by atoms with van der Waals surface area (Å²) in [5, 5.41) is 1.56. The quantitative estimate of drug-likeness (QED) is 0.721. The van der Waals surface area contributed by atoms with Gasteiger partial charge in [-0.3, -0.25) is 4.79 Å². The summed E-state index contributed by atoms with van der Waals surface area (Å²) in [6.07, 6.45) is 0. The molecule has 0 spiro atoms. The van der Waals surface area contributed by atoms with Gasteiger partial charge in [-0.25, -0.2) is 13.2 Å². The van der Waals surface area contributed by atoms with Crippen LogP contribution < -0.4 is 0 Å². The van der Waals surface area contributed by atoms with Gasteiger partial charge in [0, 0.05) is 6.54 Å². The minimum atomic E-state index is -3.99. The van der Waals surface area contributed by atoms with Crippen LogP contribution >= 0.6 is 11.3 Å². The van der Waals surface area contributed by atoms with Crippen molar-refractivity contribution < 1.29 is 27.5 Å². The van der Waals surface area contributed by atoms with Crippen LogP contribution in [0.5, 0.6) is 0 Å². The molecule has 0 aliphatic carbocycles. The van der Waals surface area contributed by atoms with E-state index in [-0.39, 0.29) is 16.3 Å². The lowest BCUT2D eigenvalue weighted by Crippen LogP contribution is -2.36. The van der Waals surface area contributed by atoms with E-state index in [4.69, 9.17) is 0 Å². The number of methoxy groups -OCH3 is 2. The van der Waals surface area contributed by atoms with E-state index in [1.54, 1.807) is 19.2 Å². The summed E-state index contributed by atoms with van der Waals surface area (Å²) in [5.41, 5.74) is 0.434. The average Bonchev–Trinajstić information content (AvgIpc) is 2.85. The van der Waals surface area contributed by atoms with Gasteiger partial charge in [0.25, 0.3) is 0 Å². The van der Waals surface area contributed by atoms with Crippen LogP contribution in [0.3, 0.4) is 0 Å². The van der Waals surface area contributed by atoms with Crippen molar-refractivity contribution in [2.75, 3.05) is 27.3 Å². The molecule has 0 amide bonds. The van der Waals surface area contributed by atoms with Gasteiger partial charge >= 0.3 is 11.9 Å². The third kappa shape index (κ3) is 3.60. The Balaban J connectivity index is 3.32. The summed E-state index contributed by atoms with van der Waals surface area (Å²) >= 11 is 0.992. The molecule has 21 heavy (non-hydrogen) atoms. The summed E-state index contributed by atoms with van der Waals surface area (Å²) in [6, 6.07) is 0. The number of aryl methyl sites for hydroxylation is 1. The minimum absolute atomic E-state index is 0.00156. The molecule has 0 saturated heterocycles. The molecule has 0 bridgehead atoms. The van der Waals surface area contributed by atoms with E-state index in [0.717, 1.165) is 15.6 Å². The average molecular weight is 335 g/mol. The molecule has 0 aliphatic heterocycles. The molecule has 0 radical (unpaired) electrons. The number of nitrogens with zero attached hydrogens (tertiary/aromatic N) is 1. The first kappa shape index (κ1) is 17.6. The van der Waals surface area contributed by atoms with Crippen molar-refractivity contribution in [1.29, 1.82) is 0 Å². The summed E-state index contributed by atoms with van der Waals surface area (Å²) in [4.78, 5) is 22.9. The van der Waals surface area contributed by atoms with Crippen LogP contribution in [0.15, 0.2) is 10.3 Å². The van der Waals surface area contributed by atoms with Gasteiger partial charge in [0.15, 0.2) is 0 Å². The minimum Gasteiger partial charge on any atom is -0.468 e. The fraction of sp³-hybridized carbons (Fsp3) is 0.500. The maximum atomic E-state index is 12.7. The zero-order chi connectivity index (χ0) is 16.2. The Morgan fingerprint density at radius 2 is 1.90 bits per heavy atom. The Kier molecular flexibility index (Phi) is 5.87. The number of rotatable bonds is 6. The van der Waals surface area contributed by atoms with Crippen LogP contribution in [0.4, 0.5) is 0 Å². The van der Waals surface area contributed by atoms with Crippen LogP contribution in [0.1, 0.15) is 22.2 Å². The number of esters is 2. The highest BCUT2D eigenvalue weighted by atomic mass is 32.2. The van der Waals surface area contributed by atoms with Crippen molar-refractivity contribution in [3.8, 4) is 0 Å². The largest absolute Gasteiger partial charge is 0.468 e. The molecule has 1 rings (SSSR count). The molecule has 0 N–H and O–H groups in total. The molecule has 0 unspecified atom stereocenters. The molecule has 0 aliphatic rings. The predicted octanol–water partition coefficient (Wildman–Crippen LogP) is 1.03. The standard InChI is InChI=1S/C12H17NO6S2/c1-5-13(6-9(14)18-3)21(16,17)11-8(2)7-20-10(11)12(15)19-4/h7H,5-6H2,1-4H3. The predicted molar refractivity (Wildman–Crippen MR) is 76.8 cm³/mol. The number of carbonyl (C=O) groups is 2. The van der Waals surface area contributed by atoms with Gasteiger partial charge in [-0.2, -0.15) is 4.31 Å². The summed E-state index contributed by atoms with van der Waals surface area (Å²) in [6.45, 7) is 2.85. The number of ether oxygens (including phenoxy) is 2. The summed E-state index contributed by atoms with van der Waals surface area (Å²) in [7, 11) is -1.63. The van der Waals surface area contributed by atoms with Gasteiger partial charge in [0.05, 0.1) is 14.2 Å². The van der Waals surface area contributed by atoms with Crippen molar-refractivity contribution in [3.63, 3.8) is 0 Å². The highest BCUT2D eigenvalue weighted by Crippen LogP contribution is 2.30. The topological polar surface area (TPSA) is 90.0 Å². The molecule has 0 saturated carbocycles. The molecular weight excluding hydrogens is 318 g/mol. The Bertz CT molecular complexity index is 634. The number of carbonyl (C=O) groups excluding carboxylic acids is 2. The molecule has 1 heterocycles. The van der Waals surface area contributed by atoms with Gasteiger partial charge in [0.1, 0.15) is 16.3 Å². The van der Waals surface area contributed by atoms with Gasteiger partial charge in [-0.05, 0) is 17.9 Å². The molecule has 7 nitrogen and oxygen atoms in total. The maximum Gasteiger partial charge on any atom is 0.349 e. The van der Waals surface area contributed by atoms with E-state index >= 15 is 0 Å². The lowest BCUT2D eigenvalue weighted by molar-refractivity contribution is -0.140. The normalized spacial score (nSPS) is 11.5. The Morgan fingerprint density at radius 3 is 2.38 bits per heavy atom. The fourth-order valence-electron chi connectivity index (χ4n) is 1.69. The van der Waals surface area contributed by atoms with Crippen molar-refractivity contribution >= 4 is 33.3 Å². The zero-order valence-electron chi connectivity index (χ0n) is 12.2. The summed E-state index contributed by atoms with van der Waals surface area (Å²) < 4.78 is 35.4. The van der Waals surface area contributed by atoms with Gasteiger partial charge < -0.3 is 9.47 Å². The number of sulfonamides is 1. The van der Waals surface area contributed by atoms with E-state index in [1.165, 1.54) is 14.2 Å². The molecule has 1 aromatic heterocycles. The molecule has 0 fully saturated rings. The third-order valence-corrected chi connectivity index (χ3v) is 6.09. The monoisotopic (exact) mass is 335 g/mol. The van der Waals surface area contributed by atoms with Crippen molar-refractivity contribution in [1.82, 2.24) is 4.31 Å². The molecular formula is C12H17NO6S2. The van der Waals surface area contributed by atoms with Crippen LogP contribution in [-0.2, 0) is 24.3 Å². The Labute approximate surface area is 127 Å². The van der Waals surface area contributed by atoms with E-state index in [0.29, 0.717) is 5.56 Å². The van der Waals surface area contributed by atoms with E-state index in [2.05, 4.69) is 9.47 Å². The van der Waals surface area contributed by atoms with Crippen molar-refractivity contribution in [3.05, 3.63) is 15.8 Å². The summed E-state index contributed by atoms with van der Waals surface area (Å²) in [5.74, 6) is -1.39. The number of likely N-dealkylation sites (N-methyl/N-ethyl adjacent to an activating group) is 1. The molecule has 0 atom stereocenters. The highest BCUT2D eigenvalue weighted by molar-refractivity contribution is 7.89. The first-order chi connectivity index (χ1) is 9.79. The smallest absolute Gasteiger partial charge is 0.349 e. The van der Waals surface area contributed by atoms with Crippen LogP contribution in [-0.4, -0.2) is 52.0 Å². The van der Waals surface area contributed by atoms with Crippen molar-refractivity contribution in [2.45, 2.75) is 18.7 Å².